The number of rotatable bonds is 4. The van der Waals surface area contributed by atoms with Crippen molar-refractivity contribution >= 4 is 5.91 Å². The molecule has 0 radical (unpaired) electrons. The van der Waals surface area contributed by atoms with E-state index in [0.29, 0.717) is 0 Å². The van der Waals surface area contributed by atoms with Crippen LogP contribution in [-0.4, -0.2) is 37.6 Å². The van der Waals surface area contributed by atoms with E-state index in [1.807, 2.05) is 0 Å². The molecule has 3 nitrogen and oxygen atoms in total. The minimum atomic E-state index is 0.0982. The number of ether oxygens (including phenoxy) is 1. The Morgan fingerprint density at radius 3 is 2.91 bits per heavy atom. The summed E-state index contributed by atoms with van der Waals surface area (Å²) in [5.74, 6) is 0.0982. The average Bonchev–Trinajstić information content (AvgIpc) is 2.03. The van der Waals surface area contributed by atoms with E-state index in [0.717, 1.165) is 31.7 Å². The minimum Gasteiger partial charge on any atom is -0.385 e. The van der Waals surface area contributed by atoms with Crippen molar-refractivity contribution in [1.29, 1.82) is 0 Å². The number of β-lactam (4-membered cyclic amide) rings is 1. The summed E-state index contributed by atoms with van der Waals surface area (Å²) in [6.45, 7) is 5.85. The minimum absolute atomic E-state index is 0.0982. The van der Waals surface area contributed by atoms with Gasteiger partial charge in [0.05, 0.1) is 6.54 Å². The van der Waals surface area contributed by atoms with Crippen LogP contribution in [0.3, 0.4) is 0 Å². The van der Waals surface area contributed by atoms with Crippen LogP contribution in [0.1, 0.15) is 6.42 Å². The van der Waals surface area contributed by atoms with Crippen molar-refractivity contribution in [3.63, 3.8) is 0 Å². The summed E-state index contributed by atoms with van der Waals surface area (Å²) in [5.41, 5.74) is 0.724. The fourth-order valence-corrected chi connectivity index (χ4v) is 1.08. The van der Waals surface area contributed by atoms with Gasteiger partial charge in [0.15, 0.2) is 0 Å². The normalized spacial score (nSPS) is 17.0. The summed E-state index contributed by atoms with van der Waals surface area (Å²) in [4.78, 5) is 12.7. The largest absolute Gasteiger partial charge is 0.385 e. The van der Waals surface area contributed by atoms with E-state index in [2.05, 4.69) is 6.58 Å². The van der Waals surface area contributed by atoms with Crippen molar-refractivity contribution in [2.24, 2.45) is 0 Å². The zero-order chi connectivity index (χ0) is 8.27. The topological polar surface area (TPSA) is 29.5 Å². The summed E-state index contributed by atoms with van der Waals surface area (Å²) < 4.78 is 4.86. The lowest BCUT2D eigenvalue weighted by Crippen LogP contribution is -2.46. The lowest BCUT2D eigenvalue weighted by atomic mass is 10.1. The van der Waals surface area contributed by atoms with Crippen molar-refractivity contribution < 1.29 is 9.53 Å². The number of hydrogen-bond donors (Lipinski definition) is 0. The van der Waals surface area contributed by atoms with Crippen LogP contribution in [-0.2, 0) is 9.53 Å². The molecule has 1 saturated heterocycles. The molecule has 1 heterocycles. The smallest absolute Gasteiger partial charge is 0.251 e. The van der Waals surface area contributed by atoms with Gasteiger partial charge < -0.3 is 9.64 Å². The molecule has 0 atom stereocenters. The Morgan fingerprint density at radius 2 is 2.45 bits per heavy atom. The molecule has 0 aromatic carbocycles. The molecule has 0 unspecified atom stereocenters. The molecule has 0 aliphatic carbocycles. The third-order valence-electron chi connectivity index (χ3n) is 1.75. The van der Waals surface area contributed by atoms with Crippen LogP contribution < -0.4 is 0 Å². The second-order valence-electron chi connectivity index (χ2n) is 2.68. The van der Waals surface area contributed by atoms with Crippen molar-refractivity contribution in [1.82, 2.24) is 4.90 Å². The van der Waals surface area contributed by atoms with Crippen LogP contribution in [0.25, 0.3) is 0 Å². The molecule has 0 bridgehead atoms. The Hall–Kier alpha value is -0.830. The quantitative estimate of drug-likeness (QED) is 0.334. The third-order valence-corrected chi connectivity index (χ3v) is 1.75. The zero-order valence-corrected chi connectivity index (χ0v) is 6.80. The number of amides is 1. The molecule has 1 aliphatic rings. The lowest BCUT2D eigenvalue weighted by Gasteiger charge is -2.32. The van der Waals surface area contributed by atoms with E-state index in [1.54, 1.807) is 12.0 Å². The number of methoxy groups -OCH3 is 1. The van der Waals surface area contributed by atoms with Crippen LogP contribution >= 0.6 is 0 Å². The van der Waals surface area contributed by atoms with Gasteiger partial charge in [0.2, 0.25) is 0 Å². The van der Waals surface area contributed by atoms with Gasteiger partial charge in [-0.05, 0) is 6.42 Å². The molecule has 3 heteroatoms. The van der Waals surface area contributed by atoms with E-state index in [1.165, 1.54) is 0 Å². The van der Waals surface area contributed by atoms with Gasteiger partial charge in [-0.1, -0.05) is 6.58 Å². The molecule has 1 rings (SSSR count). The Balaban J connectivity index is 2.10. The molecular formula is C8H13NO2. The monoisotopic (exact) mass is 155 g/mol. The van der Waals surface area contributed by atoms with Gasteiger partial charge in [-0.25, -0.2) is 0 Å². The van der Waals surface area contributed by atoms with E-state index >= 15 is 0 Å². The van der Waals surface area contributed by atoms with Gasteiger partial charge in [-0.15, -0.1) is 0 Å². The number of likely N-dealkylation sites (tertiary alicyclic amines) is 1. The molecule has 1 fully saturated rings. The molecule has 0 spiro atoms. The first-order chi connectivity index (χ1) is 5.25. The number of nitrogens with zero attached hydrogens (tertiary/aromatic N) is 1. The molecule has 62 valence electrons. The maximum atomic E-state index is 10.9. The Kier molecular flexibility index (Phi) is 2.65. The van der Waals surface area contributed by atoms with Gasteiger partial charge in [0.1, 0.15) is 0 Å². The Morgan fingerprint density at radius 1 is 1.73 bits per heavy atom. The molecule has 1 aliphatic heterocycles. The van der Waals surface area contributed by atoms with Crippen molar-refractivity contribution in [2.45, 2.75) is 6.42 Å². The van der Waals surface area contributed by atoms with Gasteiger partial charge >= 0.3 is 0 Å². The third kappa shape index (κ3) is 1.80. The van der Waals surface area contributed by atoms with Crippen molar-refractivity contribution in [3.8, 4) is 0 Å². The number of carbonyl (C=O) groups excluding carboxylic acids is 1. The van der Waals surface area contributed by atoms with Gasteiger partial charge in [-0.3, -0.25) is 4.79 Å². The Labute approximate surface area is 66.6 Å². The van der Waals surface area contributed by atoms with Crippen LogP contribution in [0.5, 0.6) is 0 Å². The fourth-order valence-electron chi connectivity index (χ4n) is 1.08. The van der Waals surface area contributed by atoms with Gasteiger partial charge in [0, 0.05) is 25.8 Å². The molecule has 0 saturated carbocycles. The summed E-state index contributed by atoms with van der Waals surface area (Å²) in [5, 5.41) is 0. The summed E-state index contributed by atoms with van der Waals surface area (Å²) in [6, 6.07) is 0. The summed E-state index contributed by atoms with van der Waals surface area (Å²) in [7, 11) is 1.66. The molecule has 1 amide bonds. The average molecular weight is 155 g/mol. The zero-order valence-electron chi connectivity index (χ0n) is 6.80. The van der Waals surface area contributed by atoms with Crippen LogP contribution in [0, 0.1) is 0 Å². The van der Waals surface area contributed by atoms with Gasteiger partial charge in [-0.2, -0.15) is 0 Å². The van der Waals surface area contributed by atoms with Gasteiger partial charge in [0.25, 0.3) is 5.91 Å². The molecular weight excluding hydrogens is 142 g/mol. The van der Waals surface area contributed by atoms with Crippen molar-refractivity contribution in [3.05, 3.63) is 12.2 Å². The van der Waals surface area contributed by atoms with Crippen LogP contribution in [0.4, 0.5) is 0 Å². The first-order valence-corrected chi connectivity index (χ1v) is 3.71. The maximum absolute atomic E-state index is 10.9. The second-order valence-corrected chi connectivity index (χ2v) is 2.68. The predicted molar refractivity (Wildman–Crippen MR) is 42.2 cm³/mol. The Bertz CT molecular complexity index is 177. The van der Waals surface area contributed by atoms with E-state index in [9.17, 15) is 4.79 Å². The highest BCUT2D eigenvalue weighted by Gasteiger charge is 2.27. The van der Waals surface area contributed by atoms with Crippen LogP contribution in [0.2, 0.25) is 0 Å². The molecule has 0 aromatic rings. The highest BCUT2D eigenvalue weighted by Crippen LogP contribution is 2.13. The first kappa shape index (κ1) is 8.27. The maximum Gasteiger partial charge on any atom is 0.251 e. The SMILES string of the molecule is C=C1CN(CCCOC)C1=O. The number of carbonyl (C=O) groups is 1. The predicted octanol–water partition coefficient (Wildman–Crippen LogP) is 0.421. The van der Waals surface area contributed by atoms with Crippen LogP contribution in [0.15, 0.2) is 12.2 Å². The highest BCUT2D eigenvalue weighted by molar-refractivity contribution is 5.99. The number of hydrogen-bond acceptors (Lipinski definition) is 2. The lowest BCUT2D eigenvalue weighted by molar-refractivity contribution is -0.132. The van der Waals surface area contributed by atoms with E-state index in [-0.39, 0.29) is 5.91 Å². The standard InChI is InChI=1S/C8H13NO2/c1-7-6-9(8(7)10)4-3-5-11-2/h1,3-6H2,2H3. The fraction of sp³-hybridized carbons (Fsp3) is 0.625. The van der Waals surface area contributed by atoms with E-state index < -0.39 is 0 Å². The highest BCUT2D eigenvalue weighted by atomic mass is 16.5. The second kappa shape index (κ2) is 3.53. The van der Waals surface area contributed by atoms with E-state index in [4.69, 9.17) is 4.74 Å². The molecule has 0 N–H and O–H groups in total. The summed E-state index contributed by atoms with van der Waals surface area (Å²) in [6.07, 6.45) is 0.912. The van der Waals surface area contributed by atoms with Crippen molar-refractivity contribution in [2.75, 3.05) is 26.8 Å². The first-order valence-electron chi connectivity index (χ1n) is 3.71. The summed E-state index contributed by atoms with van der Waals surface area (Å²) >= 11 is 0. The molecule has 11 heavy (non-hydrogen) atoms. The molecule has 0 aromatic heterocycles.